The van der Waals surface area contributed by atoms with E-state index in [0.717, 1.165) is 36.7 Å². The predicted molar refractivity (Wildman–Crippen MR) is 75.7 cm³/mol. The molecule has 0 radical (unpaired) electrons. The minimum Gasteiger partial charge on any atom is -0.493 e. The summed E-state index contributed by atoms with van der Waals surface area (Å²) in [6, 6.07) is 6.18. The number of ether oxygens (including phenoxy) is 2. The molecule has 0 fully saturated rings. The topological polar surface area (TPSA) is 18.5 Å². The van der Waals surface area contributed by atoms with Crippen molar-refractivity contribution >= 4 is 12.6 Å². The first-order valence-corrected chi connectivity index (χ1v) is 6.77. The van der Waals surface area contributed by atoms with Crippen molar-refractivity contribution in [2.24, 2.45) is 0 Å². The van der Waals surface area contributed by atoms with Gasteiger partial charge in [0.2, 0.25) is 0 Å². The Labute approximate surface area is 110 Å². The van der Waals surface area contributed by atoms with Crippen molar-refractivity contribution in [3.63, 3.8) is 0 Å². The summed E-state index contributed by atoms with van der Waals surface area (Å²) in [4.78, 5) is 0. The lowest BCUT2D eigenvalue weighted by Crippen LogP contribution is -2.00. The second kappa shape index (κ2) is 7.49. The standard InChI is InChI=1S/C14H22O2S/c1-4-8-16-13-6-5-12(10-14(13)15-3)11(2)7-9-17/h5-6,10-11,17H,4,7-9H2,1-3H3. The summed E-state index contributed by atoms with van der Waals surface area (Å²) < 4.78 is 11.0. The van der Waals surface area contributed by atoms with E-state index in [1.165, 1.54) is 5.56 Å². The normalized spacial score (nSPS) is 12.2. The first-order valence-electron chi connectivity index (χ1n) is 6.14. The summed E-state index contributed by atoms with van der Waals surface area (Å²) >= 11 is 4.27. The Morgan fingerprint density at radius 1 is 1.29 bits per heavy atom. The molecule has 0 aliphatic heterocycles. The summed E-state index contributed by atoms with van der Waals surface area (Å²) in [6.45, 7) is 5.02. The summed E-state index contributed by atoms with van der Waals surface area (Å²) in [6.07, 6.45) is 2.07. The molecule has 0 aliphatic rings. The average molecular weight is 254 g/mol. The number of hydrogen-bond acceptors (Lipinski definition) is 3. The smallest absolute Gasteiger partial charge is 0.161 e. The van der Waals surface area contributed by atoms with Crippen molar-refractivity contribution in [2.45, 2.75) is 32.6 Å². The molecule has 1 atom stereocenters. The lowest BCUT2D eigenvalue weighted by Gasteiger charge is -2.15. The van der Waals surface area contributed by atoms with E-state index < -0.39 is 0 Å². The molecule has 0 aromatic heterocycles. The van der Waals surface area contributed by atoms with Gasteiger partial charge in [-0.15, -0.1) is 0 Å². The lowest BCUT2D eigenvalue weighted by atomic mass is 9.98. The number of methoxy groups -OCH3 is 1. The third kappa shape index (κ3) is 4.15. The summed E-state index contributed by atoms with van der Waals surface area (Å²) in [5.74, 6) is 3.05. The van der Waals surface area contributed by atoms with E-state index in [0.29, 0.717) is 5.92 Å². The Kier molecular flexibility index (Phi) is 6.27. The van der Waals surface area contributed by atoms with Gasteiger partial charge in [0, 0.05) is 0 Å². The molecule has 3 heteroatoms. The number of thiol groups is 1. The number of benzene rings is 1. The molecule has 0 aliphatic carbocycles. The van der Waals surface area contributed by atoms with Crippen LogP contribution in [0.3, 0.4) is 0 Å². The summed E-state index contributed by atoms with van der Waals surface area (Å²) in [5.41, 5.74) is 1.28. The molecular formula is C14H22O2S. The van der Waals surface area contributed by atoms with Gasteiger partial charge >= 0.3 is 0 Å². The van der Waals surface area contributed by atoms with Crippen molar-refractivity contribution in [2.75, 3.05) is 19.5 Å². The van der Waals surface area contributed by atoms with Crippen molar-refractivity contribution in [3.05, 3.63) is 23.8 Å². The molecule has 0 heterocycles. The zero-order valence-corrected chi connectivity index (χ0v) is 11.8. The molecule has 0 saturated heterocycles. The first kappa shape index (κ1) is 14.2. The lowest BCUT2D eigenvalue weighted by molar-refractivity contribution is 0.294. The predicted octanol–water partition coefficient (Wildman–Crippen LogP) is 3.91. The fourth-order valence-electron chi connectivity index (χ4n) is 1.68. The maximum absolute atomic E-state index is 5.63. The fourth-order valence-corrected chi connectivity index (χ4v) is 2.07. The van der Waals surface area contributed by atoms with E-state index in [2.05, 4.69) is 38.6 Å². The van der Waals surface area contributed by atoms with Gasteiger partial charge in [-0.3, -0.25) is 0 Å². The molecule has 1 unspecified atom stereocenters. The van der Waals surface area contributed by atoms with Gasteiger partial charge in [0.05, 0.1) is 13.7 Å². The zero-order chi connectivity index (χ0) is 12.7. The van der Waals surface area contributed by atoms with Crippen molar-refractivity contribution in [3.8, 4) is 11.5 Å². The highest BCUT2D eigenvalue weighted by atomic mass is 32.1. The quantitative estimate of drug-likeness (QED) is 0.744. The van der Waals surface area contributed by atoms with Crippen LogP contribution in [0.25, 0.3) is 0 Å². The molecule has 0 bridgehead atoms. The van der Waals surface area contributed by atoms with E-state index in [1.807, 2.05) is 6.07 Å². The largest absolute Gasteiger partial charge is 0.493 e. The van der Waals surface area contributed by atoms with Crippen LogP contribution in [0.4, 0.5) is 0 Å². The van der Waals surface area contributed by atoms with Gasteiger partial charge in [0.15, 0.2) is 11.5 Å². The van der Waals surface area contributed by atoms with Crippen LogP contribution in [0.15, 0.2) is 18.2 Å². The van der Waals surface area contributed by atoms with Gasteiger partial charge in [0.1, 0.15) is 0 Å². The highest BCUT2D eigenvalue weighted by Crippen LogP contribution is 2.32. The van der Waals surface area contributed by atoms with Crippen LogP contribution in [0.1, 0.15) is 38.2 Å². The van der Waals surface area contributed by atoms with Crippen LogP contribution in [0, 0.1) is 0 Å². The van der Waals surface area contributed by atoms with Gasteiger partial charge in [0.25, 0.3) is 0 Å². The monoisotopic (exact) mass is 254 g/mol. The van der Waals surface area contributed by atoms with E-state index in [1.54, 1.807) is 7.11 Å². The molecule has 0 N–H and O–H groups in total. The van der Waals surface area contributed by atoms with Crippen molar-refractivity contribution < 1.29 is 9.47 Å². The number of rotatable bonds is 7. The van der Waals surface area contributed by atoms with Crippen LogP contribution in [-0.2, 0) is 0 Å². The number of hydrogen-bond donors (Lipinski definition) is 1. The van der Waals surface area contributed by atoms with Crippen LogP contribution in [-0.4, -0.2) is 19.5 Å². The molecular weight excluding hydrogens is 232 g/mol. The highest BCUT2D eigenvalue weighted by molar-refractivity contribution is 7.80. The Balaban J connectivity index is 2.83. The zero-order valence-electron chi connectivity index (χ0n) is 10.9. The van der Waals surface area contributed by atoms with Gasteiger partial charge in [-0.2, -0.15) is 12.6 Å². The Hall–Kier alpha value is -0.830. The minimum atomic E-state index is 0.502. The Bertz CT molecular complexity index is 339. The molecule has 0 spiro atoms. The molecule has 0 amide bonds. The Morgan fingerprint density at radius 3 is 2.65 bits per heavy atom. The molecule has 17 heavy (non-hydrogen) atoms. The molecule has 1 aromatic rings. The van der Waals surface area contributed by atoms with E-state index in [9.17, 15) is 0 Å². The van der Waals surface area contributed by atoms with Crippen LogP contribution < -0.4 is 9.47 Å². The molecule has 0 saturated carbocycles. The molecule has 96 valence electrons. The van der Waals surface area contributed by atoms with E-state index in [4.69, 9.17) is 9.47 Å². The van der Waals surface area contributed by atoms with Crippen molar-refractivity contribution in [1.82, 2.24) is 0 Å². The third-order valence-corrected chi connectivity index (χ3v) is 3.04. The molecule has 2 nitrogen and oxygen atoms in total. The van der Waals surface area contributed by atoms with Gasteiger partial charge < -0.3 is 9.47 Å². The summed E-state index contributed by atoms with van der Waals surface area (Å²) in [7, 11) is 1.68. The van der Waals surface area contributed by atoms with Crippen molar-refractivity contribution in [1.29, 1.82) is 0 Å². The SMILES string of the molecule is CCCOc1ccc(C(C)CCS)cc1OC. The molecule has 1 aromatic carbocycles. The van der Waals surface area contributed by atoms with E-state index in [-0.39, 0.29) is 0 Å². The third-order valence-electron chi connectivity index (χ3n) is 2.78. The van der Waals surface area contributed by atoms with Gasteiger partial charge in [-0.1, -0.05) is 19.9 Å². The fraction of sp³-hybridized carbons (Fsp3) is 0.571. The highest BCUT2D eigenvalue weighted by Gasteiger charge is 2.10. The van der Waals surface area contributed by atoms with Crippen LogP contribution in [0.2, 0.25) is 0 Å². The minimum absolute atomic E-state index is 0.502. The first-order chi connectivity index (χ1) is 8.22. The second-order valence-electron chi connectivity index (χ2n) is 4.17. The average Bonchev–Trinajstić information content (AvgIpc) is 2.36. The maximum atomic E-state index is 5.63. The Morgan fingerprint density at radius 2 is 2.06 bits per heavy atom. The van der Waals surface area contributed by atoms with E-state index >= 15 is 0 Å². The van der Waals surface area contributed by atoms with Crippen LogP contribution >= 0.6 is 12.6 Å². The second-order valence-corrected chi connectivity index (χ2v) is 4.62. The molecule has 1 rings (SSSR count). The van der Waals surface area contributed by atoms with Crippen LogP contribution in [0.5, 0.6) is 11.5 Å². The summed E-state index contributed by atoms with van der Waals surface area (Å²) in [5, 5.41) is 0. The maximum Gasteiger partial charge on any atom is 0.161 e. The van der Waals surface area contributed by atoms with Gasteiger partial charge in [-0.05, 0) is 42.2 Å². The van der Waals surface area contributed by atoms with Gasteiger partial charge in [-0.25, -0.2) is 0 Å².